The molecule has 0 atom stereocenters. The lowest BCUT2D eigenvalue weighted by Crippen LogP contribution is -2.24. The van der Waals surface area contributed by atoms with Gasteiger partial charge in [0, 0.05) is 89.9 Å². The van der Waals surface area contributed by atoms with E-state index in [2.05, 4.69) is 403 Å². The van der Waals surface area contributed by atoms with Crippen LogP contribution in [0.3, 0.4) is 0 Å². The normalized spacial score (nSPS) is 14.5. The van der Waals surface area contributed by atoms with Crippen molar-refractivity contribution in [3.05, 3.63) is 372 Å². The van der Waals surface area contributed by atoms with Crippen LogP contribution in [0.15, 0.2) is 328 Å². The Balaban J connectivity index is 0.651. The summed E-state index contributed by atoms with van der Waals surface area (Å²) in [4.78, 5) is 9.62. The van der Waals surface area contributed by atoms with Crippen molar-refractivity contribution in [3.63, 3.8) is 0 Å². The van der Waals surface area contributed by atoms with E-state index in [0.29, 0.717) is 0 Å². The standard InChI is InChI=1S/C96H78N4/c1-93(2)85-57-73(97(65-29-15-9-16-30-65)66-31-17-10-18-32-66)48-52-79(85)83-61-90-84(62-89(83)93)80-53-49-74(58-86(80)94(90,3)4)99(69-37-23-13-24-38-69)71-44-42-63(43-45-71)64-28-27-41-72(56-64)100(70-39-25-14-26-40-70)76-47-51-78-82-55-54-81-77-50-46-75(98(67-33-19-11-20-34-67)68-35-21-12-22-36-68)59-87(77)95(5,6)91(81)92(82)96(7,8)88(78)60-76/h9-62H,1-8H3. The number of hydrogen-bond acceptors (Lipinski definition) is 4. The topological polar surface area (TPSA) is 13.0 Å². The molecule has 0 aliphatic heterocycles. The van der Waals surface area contributed by atoms with Gasteiger partial charge in [-0.1, -0.05) is 225 Å². The lowest BCUT2D eigenvalue weighted by molar-refractivity contribution is 0.601. The van der Waals surface area contributed by atoms with Gasteiger partial charge >= 0.3 is 0 Å². The lowest BCUT2D eigenvalue weighted by atomic mass is 9.72. The summed E-state index contributed by atoms with van der Waals surface area (Å²) in [6.45, 7) is 19.4. The molecule has 0 bridgehead atoms. The molecule has 0 saturated heterocycles. The smallest absolute Gasteiger partial charge is 0.0467 e. The average Bonchev–Trinajstić information content (AvgIpc) is 1.54. The second-order valence-corrected chi connectivity index (χ2v) is 29.7. The molecule has 4 nitrogen and oxygen atoms in total. The van der Waals surface area contributed by atoms with Gasteiger partial charge in [-0.15, -0.1) is 0 Å². The summed E-state index contributed by atoms with van der Waals surface area (Å²) in [6.07, 6.45) is 0. The number of hydrogen-bond donors (Lipinski definition) is 0. The molecule has 0 saturated carbocycles. The summed E-state index contributed by atoms with van der Waals surface area (Å²) < 4.78 is 0. The van der Waals surface area contributed by atoms with Crippen molar-refractivity contribution in [1.82, 2.24) is 0 Å². The number of fused-ring (bicyclic) bond motifs is 13. The third-order valence-electron chi connectivity index (χ3n) is 22.5. The van der Waals surface area contributed by atoms with Crippen molar-refractivity contribution in [2.75, 3.05) is 19.6 Å². The molecule has 4 aliphatic rings. The van der Waals surface area contributed by atoms with E-state index in [0.717, 1.165) is 79.4 Å². The molecule has 0 fully saturated rings. The first-order valence-electron chi connectivity index (χ1n) is 35.3. The first-order valence-corrected chi connectivity index (χ1v) is 35.3. The van der Waals surface area contributed by atoms with Crippen LogP contribution in [-0.4, -0.2) is 0 Å². The summed E-state index contributed by atoms with van der Waals surface area (Å²) >= 11 is 0. The minimum absolute atomic E-state index is 0.217. The Hall–Kier alpha value is -11.7. The maximum atomic E-state index is 2.53. The highest BCUT2D eigenvalue weighted by atomic mass is 15.2. The van der Waals surface area contributed by atoms with Gasteiger partial charge in [-0.3, -0.25) is 0 Å². The van der Waals surface area contributed by atoms with E-state index in [9.17, 15) is 0 Å². The summed E-state index contributed by atoms with van der Waals surface area (Å²) in [7, 11) is 0. The fourth-order valence-corrected chi connectivity index (χ4v) is 17.6. The van der Waals surface area contributed by atoms with E-state index < -0.39 is 0 Å². The van der Waals surface area contributed by atoms with Gasteiger partial charge in [0.1, 0.15) is 0 Å². The second-order valence-electron chi connectivity index (χ2n) is 29.7. The van der Waals surface area contributed by atoms with Crippen molar-refractivity contribution in [3.8, 4) is 55.6 Å². The molecule has 0 radical (unpaired) electrons. The third-order valence-corrected chi connectivity index (χ3v) is 22.5. The molecule has 14 aromatic rings. The van der Waals surface area contributed by atoms with Gasteiger partial charge in [0.05, 0.1) is 0 Å². The van der Waals surface area contributed by atoms with Crippen molar-refractivity contribution < 1.29 is 0 Å². The zero-order valence-corrected chi connectivity index (χ0v) is 58.0. The largest absolute Gasteiger partial charge is 0.310 e. The van der Waals surface area contributed by atoms with Gasteiger partial charge < -0.3 is 19.6 Å². The Morgan fingerprint density at radius 2 is 0.390 bits per heavy atom. The molecule has 100 heavy (non-hydrogen) atoms. The zero-order chi connectivity index (χ0) is 67.8. The molecule has 0 aromatic heterocycles. The molecular weight excluding hydrogens is 1210 g/mol. The SMILES string of the molecule is CC1(C)c2cc(N(c3ccccc3)c3ccccc3)ccc2-c2cc3c(cc21)-c1ccc(N(c2ccccc2)c2ccc(-c4cccc(N(c5ccccc5)c5ccc6c(c5)C(C)(C)c5c-6ccc6c5C(C)(C)c5cc(N(c7ccccc7)c7ccccc7)ccc5-6)c4)cc2)cc1C3(C)C. The zero-order valence-electron chi connectivity index (χ0n) is 58.0. The summed E-state index contributed by atoms with van der Waals surface area (Å²) in [5, 5.41) is 0. The van der Waals surface area contributed by atoms with Crippen LogP contribution in [-0.2, 0) is 21.7 Å². The van der Waals surface area contributed by atoms with Gasteiger partial charge in [0.15, 0.2) is 0 Å². The van der Waals surface area contributed by atoms with Gasteiger partial charge in [0.25, 0.3) is 0 Å². The van der Waals surface area contributed by atoms with Crippen LogP contribution in [0.2, 0.25) is 0 Å². The number of benzene rings is 14. The first-order chi connectivity index (χ1) is 48.6. The van der Waals surface area contributed by atoms with Gasteiger partial charge in [-0.25, -0.2) is 0 Å². The van der Waals surface area contributed by atoms with Gasteiger partial charge in [0.2, 0.25) is 0 Å². The molecule has 482 valence electrons. The maximum Gasteiger partial charge on any atom is 0.0467 e. The molecule has 0 spiro atoms. The van der Waals surface area contributed by atoms with Crippen LogP contribution in [0.1, 0.15) is 99.9 Å². The molecule has 14 aromatic carbocycles. The Labute approximate surface area is 589 Å². The molecule has 4 heteroatoms. The maximum absolute atomic E-state index is 2.53. The highest BCUT2D eigenvalue weighted by molar-refractivity contribution is 5.96. The quantitative estimate of drug-likeness (QED) is 0.114. The van der Waals surface area contributed by atoms with Crippen molar-refractivity contribution >= 4 is 68.2 Å². The highest BCUT2D eigenvalue weighted by Gasteiger charge is 2.47. The summed E-state index contributed by atoms with van der Waals surface area (Å²) in [5.74, 6) is 0. The second kappa shape index (κ2) is 22.9. The summed E-state index contributed by atoms with van der Waals surface area (Å²) in [6, 6.07) is 121. The molecule has 0 heterocycles. The molecule has 18 rings (SSSR count). The first kappa shape index (κ1) is 60.7. The molecule has 4 aliphatic carbocycles. The highest BCUT2D eigenvalue weighted by Crippen LogP contribution is 2.62. The Morgan fingerprint density at radius 3 is 0.710 bits per heavy atom. The molecular formula is C96H78N4. The number of rotatable bonds is 13. The number of anilines is 12. The fraction of sp³-hybridized carbons (Fsp3) is 0.125. The van der Waals surface area contributed by atoms with Crippen LogP contribution < -0.4 is 19.6 Å². The molecule has 0 unspecified atom stereocenters. The van der Waals surface area contributed by atoms with Crippen molar-refractivity contribution in [2.24, 2.45) is 0 Å². The van der Waals surface area contributed by atoms with Crippen LogP contribution in [0, 0.1) is 0 Å². The lowest BCUT2D eigenvalue weighted by Gasteiger charge is -2.32. The predicted octanol–water partition coefficient (Wildman–Crippen LogP) is 26.5. The van der Waals surface area contributed by atoms with E-state index in [-0.39, 0.29) is 21.7 Å². The fourth-order valence-electron chi connectivity index (χ4n) is 17.6. The summed E-state index contributed by atoms with van der Waals surface area (Å²) in [5.41, 5.74) is 36.5. The Morgan fingerprint density at radius 1 is 0.160 bits per heavy atom. The van der Waals surface area contributed by atoms with Crippen molar-refractivity contribution in [2.45, 2.75) is 77.0 Å². The minimum atomic E-state index is -0.289. The van der Waals surface area contributed by atoms with Crippen LogP contribution in [0.4, 0.5) is 68.2 Å². The number of para-hydroxylation sites is 6. The van der Waals surface area contributed by atoms with E-state index in [1.54, 1.807) is 0 Å². The number of nitrogens with zero attached hydrogens (tertiary/aromatic N) is 4. The van der Waals surface area contributed by atoms with E-state index in [4.69, 9.17) is 0 Å². The molecule has 0 N–H and O–H groups in total. The van der Waals surface area contributed by atoms with Crippen LogP contribution >= 0.6 is 0 Å². The Kier molecular flexibility index (Phi) is 13.9. The Bertz CT molecular complexity index is 5440. The monoisotopic (exact) mass is 1290 g/mol. The third kappa shape index (κ3) is 9.48. The van der Waals surface area contributed by atoms with Crippen LogP contribution in [0.25, 0.3) is 55.6 Å². The van der Waals surface area contributed by atoms with Crippen molar-refractivity contribution in [1.29, 1.82) is 0 Å². The van der Waals surface area contributed by atoms with E-state index in [1.807, 2.05) is 0 Å². The molecule has 0 amide bonds. The van der Waals surface area contributed by atoms with E-state index >= 15 is 0 Å². The van der Waals surface area contributed by atoms with E-state index in [1.165, 1.54) is 89.0 Å². The van der Waals surface area contributed by atoms with Gasteiger partial charge in [-0.2, -0.15) is 0 Å². The van der Waals surface area contributed by atoms with Crippen LogP contribution in [0.5, 0.6) is 0 Å². The minimum Gasteiger partial charge on any atom is -0.310 e. The van der Waals surface area contributed by atoms with Gasteiger partial charge in [-0.05, 0) is 258 Å². The average molecular weight is 1290 g/mol. The predicted molar refractivity (Wildman–Crippen MR) is 421 cm³/mol.